The van der Waals surface area contributed by atoms with E-state index < -0.39 is 0 Å². The van der Waals surface area contributed by atoms with Crippen molar-refractivity contribution in [1.82, 2.24) is 9.97 Å². The molecule has 14 heavy (non-hydrogen) atoms. The molecule has 0 aromatic carbocycles. The Morgan fingerprint density at radius 3 is 2.93 bits per heavy atom. The molecular weight excluding hydrogens is 176 g/mol. The minimum atomic E-state index is 0.177. The summed E-state index contributed by atoms with van der Waals surface area (Å²) in [6, 6.07) is 0. The first-order chi connectivity index (χ1) is 6.77. The number of hydrogen-bond donors (Lipinski definition) is 0. The normalized spacial score (nSPS) is 14.9. The highest BCUT2D eigenvalue weighted by Crippen LogP contribution is 2.21. The van der Waals surface area contributed by atoms with Gasteiger partial charge in [-0.3, -0.25) is 4.79 Å². The summed E-state index contributed by atoms with van der Waals surface area (Å²) in [7, 11) is 0. The van der Waals surface area contributed by atoms with Gasteiger partial charge in [0.05, 0.1) is 5.69 Å². The molecule has 0 N–H and O–H groups in total. The van der Waals surface area contributed by atoms with E-state index in [1.807, 2.05) is 0 Å². The van der Waals surface area contributed by atoms with Gasteiger partial charge in [0.25, 0.3) is 0 Å². The molecule has 0 amide bonds. The third-order valence-electron chi connectivity index (χ3n) is 2.63. The lowest BCUT2D eigenvalue weighted by Crippen LogP contribution is -2.12. The monoisotopic (exact) mass is 190 g/mol. The van der Waals surface area contributed by atoms with Crippen LogP contribution in [0.3, 0.4) is 0 Å². The molecule has 1 heterocycles. The lowest BCUT2D eigenvalue weighted by molar-refractivity contribution is -0.116. The average molecular weight is 190 g/mol. The van der Waals surface area contributed by atoms with Crippen LogP contribution in [0.2, 0.25) is 0 Å². The second-order valence-corrected chi connectivity index (χ2v) is 3.83. The molecule has 1 aromatic rings. The van der Waals surface area contributed by atoms with E-state index in [9.17, 15) is 4.79 Å². The zero-order valence-electron chi connectivity index (χ0n) is 8.42. The highest BCUT2D eigenvalue weighted by atomic mass is 16.1. The van der Waals surface area contributed by atoms with Crippen LogP contribution in [-0.4, -0.2) is 15.8 Å². The first-order valence-electron chi connectivity index (χ1n) is 5.08. The Morgan fingerprint density at radius 1 is 1.36 bits per heavy atom. The van der Waals surface area contributed by atoms with Crippen molar-refractivity contribution in [1.29, 1.82) is 0 Å². The molecule has 0 aliphatic heterocycles. The largest absolute Gasteiger partial charge is 0.300 e. The maximum Gasteiger partial charge on any atom is 0.135 e. The van der Waals surface area contributed by atoms with Crippen LogP contribution < -0.4 is 0 Å². The Balaban J connectivity index is 2.35. The summed E-state index contributed by atoms with van der Waals surface area (Å²) in [4.78, 5) is 19.5. The highest BCUT2D eigenvalue weighted by Gasteiger charge is 2.15. The van der Waals surface area contributed by atoms with Gasteiger partial charge in [0.1, 0.15) is 12.1 Å². The maximum absolute atomic E-state index is 11.0. The smallest absolute Gasteiger partial charge is 0.135 e. The van der Waals surface area contributed by atoms with Gasteiger partial charge in [0.15, 0.2) is 0 Å². The van der Waals surface area contributed by atoms with Crippen molar-refractivity contribution in [2.45, 2.75) is 39.0 Å². The minimum absolute atomic E-state index is 0.177. The summed E-state index contributed by atoms with van der Waals surface area (Å²) in [5, 5.41) is 0. The average Bonchev–Trinajstić information content (AvgIpc) is 2.18. The Hall–Kier alpha value is -1.25. The first-order valence-corrected chi connectivity index (χ1v) is 5.08. The van der Waals surface area contributed by atoms with Crippen LogP contribution in [0.5, 0.6) is 0 Å². The summed E-state index contributed by atoms with van der Waals surface area (Å²) >= 11 is 0. The van der Waals surface area contributed by atoms with Crippen LogP contribution in [0.1, 0.15) is 36.7 Å². The molecule has 2 rings (SSSR count). The molecule has 0 radical (unpaired) electrons. The lowest BCUT2D eigenvalue weighted by atomic mass is 9.93. The van der Waals surface area contributed by atoms with Crippen molar-refractivity contribution in [3.05, 3.63) is 23.3 Å². The Morgan fingerprint density at radius 2 is 2.14 bits per heavy atom. The second kappa shape index (κ2) is 3.86. The Kier molecular flexibility index (Phi) is 2.57. The van der Waals surface area contributed by atoms with Gasteiger partial charge >= 0.3 is 0 Å². The van der Waals surface area contributed by atoms with E-state index in [1.54, 1.807) is 13.3 Å². The molecule has 0 saturated carbocycles. The van der Waals surface area contributed by atoms with Crippen LogP contribution in [0.25, 0.3) is 0 Å². The van der Waals surface area contributed by atoms with Gasteiger partial charge in [-0.05, 0) is 38.2 Å². The van der Waals surface area contributed by atoms with Crippen molar-refractivity contribution >= 4 is 5.78 Å². The SMILES string of the molecule is CC(=O)Cc1ncnc2c1CCCC2. The molecule has 1 aliphatic carbocycles. The van der Waals surface area contributed by atoms with Crippen LogP contribution >= 0.6 is 0 Å². The standard InChI is InChI=1S/C11H14N2O/c1-8(14)6-11-9-4-2-3-5-10(9)12-7-13-11/h7H,2-6H2,1H3. The topological polar surface area (TPSA) is 42.9 Å². The van der Waals surface area contributed by atoms with E-state index in [0.717, 1.165) is 24.2 Å². The maximum atomic E-state index is 11.0. The van der Waals surface area contributed by atoms with E-state index in [-0.39, 0.29) is 5.78 Å². The van der Waals surface area contributed by atoms with E-state index in [2.05, 4.69) is 9.97 Å². The molecule has 0 unspecified atom stereocenters. The summed E-state index contributed by atoms with van der Waals surface area (Å²) < 4.78 is 0. The number of hydrogen-bond acceptors (Lipinski definition) is 3. The second-order valence-electron chi connectivity index (χ2n) is 3.83. The number of aromatic nitrogens is 2. The van der Waals surface area contributed by atoms with Crippen molar-refractivity contribution in [2.75, 3.05) is 0 Å². The predicted octanol–water partition coefficient (Wildman–Crippen LogP) is 1.49. The minimum Gasteiger partial charge on any atom is -0.300 e. The zero-order valence-corrected chi connectivity index (χ0v) is 8.42. The van der Waals surface area contributed by atoms with Crippen LogP contribution in [0, 0.1) is 0 Å². The first kappa shape index (κ1) is 9.31. The lowest BCUT2D eigenvalue weighted by Gasteiger charge is -2.16. The van der Waals surface area contributed by atoms with Crippen molar-refractivity contribution < 1.29 is 4.79 Å². The van der Waals surface area contributed by atoms with Gasteiger partial charge in [-0.25, -0.2) is 9.97 Å². The molecule has 0 bridgehead atoms. The van der Waals surface area contributed by atoms with Gasteiger partial charge in [-0.15, -0.1) is 0 Å². The summed E-state index contributed by atoms with van der Waals surface area (Å²) in [5.41, 5.74) is 3.33. The van der Waals surface area contributed by atoms with Crippen molar-refractivity contribution in [2.24, 2.45) is 0 Å². The molecule has 1 aliphatic rings. The molecule has 0 atom stereocenters. The molecular formula is C11H14N2O. The molecule has 74 valence electrons. The van der Waals surface area contributed by atoms with E-state index in [4.69, 9.17) is 0 Å². The summed E-state index contributed by atoms with van der Waals surface area (Å²) in [5.74, 6) is 0.177. The van der Waals surface area contributed by atoms with Crippen LogP contribution in [0.4, 0.5) is 0 Å². The fourth-order valence-corrected chi connectivity index (χ4v) is 1.98. The van der Waals surface area contributed by atoms with Gasteiger partial charge in [0, 0.05) is 12.1 Å². The zero-order chi connectivity index (χ0) is 9.97. The van der Waals surface area contributed by atoms with Crippen LogP contribution in [-0.2, 0) is 24.1 Å². The molecule has 3 nitrogen and oxygen atoms in total. The van der Waals surface area contributed by atoms with Gasteiger partial charge in [-0.2, -0.15) is 0 Å². The highest BCUT2D eigenvalue weighted by molar-refractivity contribution is 5.78. The number of aryl methyl sites for hydroxylation is 1. The van der Waals surface area contributed by atoms with Crippen molar-refractivity contribution in [3.8, 4) is 0 Å². The number of carbonyl (C=O) groups is 1. The number of fused-ring (bicyclic) bond motifs is 1. The van der Waals surface area contributed by atoms with E-state index in [1.165, 1.54) is 18.4 Å². The van der Waals surface area contributed by atoms with Crippen molar-refractivity contribution in [3.63, 3.8) is 0 Å². The Bertz CT molecular complexity index is 360. The number of nitrogens with zero attached hydrogens (tertiary/aromatic N) is 2. The molecule has 0 spiro atoms. The van der Waals surface area contributed by atoms with E-state index >= 15 is 0 Å². The van der Waals surface area contributed by atoms with Gasteiger partial charge in [-0.1, -0.05) is 0 Å². The predicted molar refractivity (Wildman–Crippen MR) is 53.1 cm³/mol. The van der Waals surface area contributed by atoms with E-state index in [0.29, 0.717) is 6.42 Å². The molecule has 0 saturated heterocycles. The summed E-state index contributed by atoms with van der Waals surface area (Å²) in [6.45, 7) is 1.61. The third-order valence-corrected chi connectivity index (χ3v) is 2.63. The number of Topliss-reactive ketones (excluding diaryl/α,β-unsaturated/α-hetero) is 1. The Labute approximate surface area is 83.6 Å². The van der Waals surface area contributed by atoms with Gasteiger partial charge in [0.2, 0.25) is 0 Å². The quantitative estimate of drug-likeness (QED) is 0.709. The summed E-state index contributed by atoms with van der Waals surface area (Å²) in [6.07, 6.45) is 6.55. The fourth-order valence-electron chi connectivity index (χ4n) is 1.98. The van der Waals surface area contributed by atoms with Crippen LogP contribution in [0.15, 0.2) is 6.33 Å². The third kappa shape index (κ3) is 1.81. The number of ketones is 1. The fraction of sp³-hybridized carbons (Fsp3) is 0.545. The molecule has 3 heteroatoms. The number of carbonyl (C=O) groups excluding carboxylic acids is 1. The number of rotatable bonds is 2. The molecule has 1 aromatic heterocycles. The van der Waals surface area contributed by atoms with Gasteiger partial charge < -0.3 is 0 Å². The molecule has 0 fully saturated rings.